The Balaban J connectivity index is 1.94. The third kappa shape index (κ3) is 4.25. The summed E-state index contributed by atoms with van der Waals surface area (Å²) >= 11 is 3.87. The van der Waals surface area contributed by atoms with Gasteiger partial charge in [0.25, 0.3) is 0 Å². The summed E-state index contributed by atoms with van der Waals surface area (Å²) in [4.78, 5) is 3.96. The van der Waals surface area contributed by atoms with E-state index in [0.717, 1.165) is 17.4 Å². The first-order chi connectivity index (χ1) is 9.20. The lowest BCUT2D eigenvalue weighted by molar-refractivity contribution is 0.206. The van der Waals surface area contributed by atoms with Crippen LogP contribution in [0.25, 0.3) is 0 Å². The summed E-state index contributed by atoms with van der Waals surface area (Å²) < 4.78 is 0. The quantitative estimate of drug-likeness (QED) is 0.868. The smallest absolute Gasteiger partial charge is 0.0540 e. The van der Waals surface area contributed by atoms with Crippen molar-refractivity contribution in [2.24, 2.45) is 0 Å². The van der Waals surface area contributed by atoms with Gasteiger partial charge in [-0.1, -0.05) is 18.8 Å². The van der Waals surface area contributed by atoms with Crippen molar-refractivity contribution in [3.63, 3.8) is 0 Å². The minimum absolute atomic E-state index is 0.144. The molecule has 104 valence electrons. The SMILES string of the molecule is CC1SCCN(Cc2cc(C#CCCO)cs2)C1C. The Hall–Kier alpha value is -0.470. The van der Waals surface area contributed by atoms with Gasteiger partial charge in [-0.15, -0.1) is 11.3 Å². The zero-order valence-electron chi connectivity index (χ0n) is 11.6. The van der Waals surface area contributed by atoms with Crippen LogP contribution in [0.15, 0.2) is 11.4 Å². The second-order valence-electron chi connectivity index (χ2n) is 4.86. The molecule has 1 aliphatic rings. The van der Waals surface area contributed by atoms with E-state index in [-0.39, 0.29) is 6.61 Å². The highest BCUT2D eigenvalue weighted by Gasteiger charge is 2.25. The van der Waals surface area contributed by atoms with Gasteiger partial charge in [0.2, 0.25) is 0 Å². The summed E-state index contributed by atoms with van der Waals surface area (Å²) in [6.07, 6.45) is 0.559. The van der Waals surface area contributed by atoms with Gasteiger partial charge in [-0.05, 0) is 13.0 Å². The average molecular weight is 295 g/mol. The fourth-order valence-electron chi connectivity index (χ4n) is 2.17. The van der Waals surface area contributed by atoms with Crippen LogP contribution in [0.5, 0.6) is 0 Å². The second kappa shape index (κ2) is 7.35. The predicted molar refractivity (Wildman–Crippen MR) is 84.7 cm³/mol. The maximum Gasteiger partial charge on any atom is 0.0540 e. The minimum Gasteiger partial charge on any atom is -0.395 e. The van der Waals surface area contributed by atoms with Gasteiger partial charge in [-0.3, -0.25) is 4.90 Å². The molecule has 1 N–H and O–H groups in total. The highest BCUT2D eigenvalue weighted by Crippen LogP contribution is 2.27. The number of rotatable bonds is 3. The number of hydrogen-bond donors (Lipinski definition) is 1. The number of nitrogens with zero attached hydrogens (tertiary/aromatic N) is 1. The van der Waals surface area contributed by atoms with Crippen LogP contribution >= 0.6 is 23.1 Å². The molecule has 0 saturated carbocycles. The van der Waals surface area contributed by atoms with E-state index < -0.39 is 0 Å². The van der Waals surface area contributed by atoms with Crippen LogP contribution < -0.4 is 0 Å². The Morgan fingerprint density at radius 3 is 3.11 bits per heavy atom. The third-order valence-corrected chi connectivity index (χ3v) is 5.76. The monoisotopic (exact) mass is 295 g/mol. The van der Waals surface area contributed by atoms with Crippen molar-refractivity contribution in [2.75, 3.05) is 18.9 Å². The lowest BCUT2D eigenvalue weighted by Crippen LogP contribution is -2.43. The lowest BCUT2D eigenvalue weighted by atomic mass is 10.2. The molecule has 0 spiro atoms. The van der Waals surface area contributed by atoms with Gasteiger partial charge in [-0.25, -0.2) is 0 Å². The van der Waals surface area contributed by atoms with Crippen LogP contribution in [0.4, 0.5) is 0 Å². The second-order valence-corrected chi connectivity index (χ2v) is 7.34. The molecule has 1 saturated heterocycles. The normalized spacial score (nSPS) is 23.9. The van der Waals surface area contributed by atoms with E-state index in [0.29, 0.717) is 12.5 Å². The lowest BCUT2D eigenvalue weighted by Gasteiger charge is -2.37. The van der Waals surface area contributed by atoms with Crippen molar-refractivity contribution in [2.45, 2.75) is 38.1 Å². The zero-order valence-corrected chi connectivity index (χ0v) is 13.2. The zero-order chi connectivity index (χ0) is 13.7. The molecular formula is C15H21NOS2. The van der Waals surface area contributed by atoms with Crippen molar-refractivity contribution in [3.05, 3.63) is 21.9 Å². The van der Waals surface area contributed by atoms with Crippen LogP contribution in [0.1, 0.15) is 30.7 Å². The van der Waals surface area contributed by atoms with Gasteiger partial charge in [0.05, 0.1) is 6.61 Å². The molecule has 0 aliphatic carbocycles. The van der Waals surface area contributed by atoms with E-state index in [1.165, 1.54) is 17.2 Å². The molecule has 0 radical (unpaired) electrons. The molecule has 1 aromatic heterocycles. The first kappa shape index (κ1) is 14.9. The number of thiophene rings is 1. The van der Waals surface area contributed by atoms with Gasteiger partial charge >= 0.3 is 0 Å². The van der Waals surface area contributed by atoms with Crippen molar-refractivity contribution in [1.82, 2.24) is 4.90 Å². The van der Waals surface area contributed by atoms with E-state index in [1.807, 2.05) is 0 Å². The van der Waals surface area contributed by atoms with Crippen LogP contribution in [-0.2, 0) is 6.54 Å². The highest BCUT2D eigenvalue weighted by molar-refractivity contribution is 8.00. The minimum atomic E-state index is 0.144. The Morgan fingerprint density at radius 1 is 1.47 bits per heavy atom. The molecule has 2 atom stereocenters. The molecule has 19 heavy (non-hydrogen) atoms. The fourth-order valence-corrected chi connectivity index (χ4v) is 4.17. The van der Waals surface area contributed by atoms with E-state index in [9.17, 15) is 0 Å². The Bertz CT molecular complexity index is 460. The van der Waals surface area contributed by atoms with Crippen LogP contribution in [0.2, 0.25) is 0 Å². The maximum atomic E-state index is 8.71. The summed E-state index contributed by atoms with van der Waals surface area (Å²) in [5.41, 5.74) is 1.08. The van der Waals surface area contributed by atoms with E-state index in [4.69, 9.17) is 5.11 Å². The van der Waals surface area contributed by atoms with Crippen LogP contribution in [-0.4, -0.2) is 40.2 Å². The molecule has 1 aromatic rings. The number of hydrogen-bond acceptors (Lipinski definition) is 4. The van der Waals surface area contributed by atoms with Gasteiger partial charge in [-0.2, -0.15) is 11.8 Å². The predicted octanol–water partition coefficient (Wildman–Crippen LogP) is 2.81. The van der Waals surface area contributed by atoms with Gasteiger partial charge in [0, 0.05) is 52.4 Å². The summed E-state index contributed by atoms with van der Waals surface area (Å²) in [5, 5.41) is 11.5. The van der Waals surface area contributed by atoms with Gasteiger partial charge < -0.3 is 5.11 Å². The summed E-state index contributed by atoms with van der Waals surface area (Å²) in [6.45, 7) is 7.01. The van der Waals surface area contributed by atoms with Crippen molar-refractivity contribution >= 4 is 23.1 Å². The number of thioether (sulfide) groups is 1. The van der Waals surface area contributed by atoms with Gasteiger partial charge in [0.15, 0.2) is 0 Å². The number of aliphatic hydroxyl groups excluding tert-OH is 1. The summed E-state index contributed by atoms with van der Waals surface area (Å²) in [6, 6.07) is 2.83. The molecule has 2 unspecified atom stereocenters. The van der Waals surface area contributed by atoms with E-state index in [2.05, 4.69) is 53.8 Å². The summed E-state index contributed by atoms with van der Waals surface area (Å²) in [5.74, 6) is 7.31. The molecule has 0 bridgehead atoms. The third-order valence-electron chi connectivity index (χ3n) is 3.50. The topological polar surface area (TPSA) is 23.5 Å². The maximum absolute atomic E-state index is 8.71. The molecule has 0 aromatic carbocycles. The molecule has 2 nitrogen and oxygen atoms in total. The largest absolute Gasteiger partial charge is 0.395 e. The van der Waals surface area contributed by atoms with Gasteiger partial charge in [0.1, 0.15) is 0 Å². The van der Waals surface area contributed by atoms with E-state index >= 15 is 0 Å². The fraction of sp³-hybridized carbons (Fsp3) is 0.600. The van der Waals surface area contributed by atoms with E-state index in [1.54, 1.807) is 11.3 Å². The molecule has 1 fully saturated rings. The molecule has 2 heterocycles. The van der Waals surface area contributed by atoms with Crippen molar-refractivity contribution in [3.8, 4) is 11.8 Å². The van der Waals surface area contributed by atoms with Crippen molar-refractivity contribution < 1.29 is 5.11 Å². The Morgan fingerprint density at radius 2 is 2.32 bits per heavy atom. The Labute approximate surface area is 124 Å². The summed E-state index contributed by atoms with van der Waals surface area (Å²) in [7, 11) is 0. The first-order valence-electron chi connectivity index (χ1n) is 6.73. The molecule has 1 aliphatic heterocycles. The first-order valence-corrected chi connectivity index (χ1v) is 8.66. The highest BCUT2D eigenvalue weighted by atomic mass is 32.2. The Kier molecular flexibility index (Phi) is 5.77. The molecular weight excluding hydrogens is 274 g/mol. The standard InChI is InChI=1S/C15H21NOS2/c1-12-13(2)18-8-6-16(12)10-15-9-14(11-19-15)5-3-4-7-17/h9,11-13,17H,4,6-8,10H2,1-2H3. The van der Waals surface area contributed by atoms with Crippen LogP contribution in [0.3, 0.4) is 0 Å². The molecule has 2 rings (SSSR count). The van der Waals surface area contributed by atoms with Crippen molar-refractivity contribution in [1.29, 1.82) is 0 Å². The molecule has 4 heteroatoms. The average Bonchev–Trinajstić information content (AvgIpc) is 2.83. The number of aliphatic hydroxyl groups is 1. The molecule has 0 amide bonds. The van der Waals surface area contributed by atoms with Crippen LogP contribution in [0, 0.1) is 11.8 Å².